The Kier molecular flexibility index (Phi) is 6.13. The second kappa shape index (κ2) is 9.16. The molecule has 0 fully saturated rings. The number of imide groups is 1. The van der Waals surface area contributed by atoms with E-state index in [1.807, 2.05) is 13.8 Å². The molecule has 1 aliphatic heterocycles. The van der Waals surface area contributed by atoms with Gasteiger partial charge in [-0.15, -0.1) is 0 Å². The average molecular weight is 446 g/mol. The van der Waals surface area contributed by atoms with E-state index in [4.69, 9.17) is 9.47 Å². The molecule has 0 aromatic heterocycles. The Balaban J connectivity index is 1.74. The van der Waals surface area contributed by atoms with Gasteiger partial charge >= 0.3 is 0 Å². The van der Waals surface area contributed by atoms with Crippen LogP contribution in [0.5, 0.6) is 11.5 Å². The van der Waals surface area contributed by atoms with E-state index in [2.05, 4.69) is 5.32 Å². The number of halogens is 1. The van der Waals surface area contributed by atoms with Crippen LogP contribution in [0.25, 0.3) is 5.57 Å². The van der Waals surface area contributed by atoms with Crippen LogP contribution in [0.4, 0.5) is 15.8 Å². The van der Waals surface area contributed by atoms with E-state index >= 15 is 0 Å². The predicted molar refractivity (Wildman–Crippen MR) is 125 cm³/mol. The summed E-state index contributed by atoms with van der Waals surface area (Å²) in [6, 6.07) is 19.2. The first-order valence-electron chi connectivity index (χ1n) is 10.4. The minimum Gasteiger partial charge on any atom is -0.497 e. The largest absolute Gasteiger partial charge is 0.497 e. The van der Waals surface area contributed by atoms with Crippen molar-refractivity contribution in [2.45, 2.75) is 20.0 Å². The smallest absolute Gasteiger partial charge is 0.282 e. The molecule has 1 N–H and O–H groups in total. The molecule has 0 aliphatic carbocycles. The molecule has 7 heteroatoms. The number of benzene rings is 3. The van der Waals surface area contributed by atoms with Gasteiger partial charge in [0.25, 0.3) is 11.8 Å². The van der Waals surface area contributed by atoms with Crippen molar-refractivity contribution in [3.8, 4) is 11.5 Å². The van der Waals surface area contributed by atoms with Crippen LogP contribution in [0.2, 0.25) is 0 Å². The molecule has 0 unspecified atom stereocenters. The fourth-order valence-corrected chi connectivity index (χ4v) is 3.55. The number of carbonyl (C=O) groups is 2. The number of hydrogen-bond acceptors (Lipinski definition) is 5. The lowest BCUT2D eigenvalue weighted by Gasteiger charge is -2.16. The zero-order chi connectivity index (χ0) is 23.5. The summed E-state index contributed by atoms with van der Waals surface area (Å²) in [5.41, 5.74) is 1.68. The van der Waals surface area contributed by atoms with Gasteiger partial charge < -0.3 is 14.8 Å². The van der Waals surface area contributed by atoms with E-state index < -0.39 is 17.6 Å². The molecule has 168 valence electrons. The highest BCUT2D eigenvalue weighted by molar-refractivity contribution is 6.46. The highest BCUT2D eigenvalue weighted by Crippen LogP contribution is 2.35. The van der Waals surface area contributed by atoms with Gasteiger partial charge in [-0.1, -0.05) is 18.2 Å². The highest BCUT2D eigenvalue weighted by atomic mass is 19.1. The van der Waals surface area contributed by atoms with E-state index in [9.17, 15) is 14.0 Å². The van der Waals surface area contributed by atoms with Crippen molar-refractivity contribution < 1.29 is 23.5 Å². The van der Waals surface area contributed by atoms with Crippen molar-refractivity contribution in [3.05, 3.63) is 89.9 Å². The molecule has 4 rings (SSSR count). The van der Waals surface area contributed by atoms with Crippen LogP contribution in [-0.4, -0.2) is 25.0 Å². The summed E-state index contributed by atoms with van der Waals surface area (Å²) in [5.74, 6) is -0.262. The zero-order valence-electron chi connectivity index (χ0n) is 18.5. The van der Waals surface area contributed by atoms with Crippen molar-refractivity contribution in [2.75, 3.05) is 17.3 Å². The number of ether oxygens (including phenoxy) is 2. The third kappa shape index (κ3) is 4.57. The second-order valence-corrected chi connectivity index (χ2v) is 7.72. The standard InChI is InChI=1S/C26H23FN2O4/c1-16(2)33-21-13-11-19(12-14-21)28-24-23(17-7-9-18(27)10-8-17)25(30)29(26(24)31)20-5-4-6-22(15-20)32-3/h4-16,28H,1-3H3. The molecule has 3 aromatic carbocycles. The van der Waals surface area contributed by atoms with E-state index in [-0.39, 0.29) is 17.4 Å². The van der Waals surface area contributed by atoms with Gasteiger partial charge in [0.2, 0.25) is 0 Å². The van der Waals surface area contributed by atoms with Gasteiger partial charge in [0.05, 0.1) is 24.5 Å². The first-order valence-corrected chi connectivity index (χ1v) is 10.4. The van der Waals surface area contributed by atoms with E-state index in [1.54, 1.807) is 48.5 Å². The number of hydrogen-bond donors (Lipinski definition) is 1. The van der Waals surface area contributed by atoms with Crippen LogP contribution < -0.4 is 19.7 Å². The van der Waals surface area contributed by atoms with Crippen LogP contribution in [0.3, 0.4) is 0 Å². The fourth-order valence-electron chi connectivity index (χ4n) is 3.55. The molecule has 0 saturated carbocycles. The van der Waals surface area contributed by atoms with Crippen LogP contribution >= 0.6 is 0 Å². The highest BCUT2D eigenvalue weighted by Gasteiger charge is 2.40. The van der Waals surface area contributed by atoms with Crippen molar-refractivity contribution in [2.24, 2.45) is 0 Å². The summed E-state index contributed by atoms with van der Waals surface area (Å²) in [7, 11) is 1.51. The lowest BCUT2D eigenvalue weighted by Crippen LogP contribution is -2.32. The summed E-state index contributed by atoms with van der Waals surface area (Å²) in [6.07, 6.45) is 0.0297. The maximum atomic E-state index is 13.5. The Morgan fingerprint density at radius 2 is 1.58 bits per heavy atom. The maximum absolute atomic E-state index is 13.5. The molecule has 0 saturated heterocycles. The van der Waals surface area contributed by atoms with E-state index in [0.717, 1.165) is 4.90 Å². The third-order valence-corrected chi connectivity index (χ3v) is 5.02. The molecule has 0 atom stereocenters. The zero-order valence-corrected chi connectivity index (χ0v) is 18.5. The molecule has 0 radical (unpaired) electrons. The summed E-state index contributed by atoms with van der Waals surface area (Å²) < 4.78 is 24.4. The normalized spacial score (nSPS) is 13.7. The minimum atomic E-state index is -0.518. The van der Waals surface area contributed by atoms with Gasteiger partial charge in [-0.3, -0.25) is 9.59 Å². The predicted octanol–water partition coefficient (Wildman–Crippen LogP) is 5.02. The lowest BCUT2D eigenvalue weighted by atomic mass is 10.0. The summed E-state index contributed by atoms with van der Waals surface area (Å²) in [5, 5.41) is 3.08. The number of nitrogens with zero attached hydrogens (tertiary/aromatic N) is 1. The van der Waals surface area contributed by atoms with Crippen LogP contribution in [0.15, 0.2) is 78.5 Å². The molecule has 1 heterocycles. The van der Waals surface area contributed by atoms with Crippen LogP contribution in [-0.2, 0) is 9.59 Å². The molecule has 3 aromatic rings. The number of anilines is 2. The number of rotatable bonds is 7. The number of nitrogens with one attached hydrogen (secondary N) is 1. The molecular weight excluding hydrogens is 423 g/mol. The quantitative estimate of drug-likeness (QED) is 0.517. The maximum Gasteiger partial charge on any atom is 0.282 e. The SMILES string of the molecule is COc1cccc(N2C(=O)C(Nc3ccc(OC(C)C)cc3)=C(c3ccc(F)cc3)C2=O)c1. The van der Waals surface area contributed by atoms with Crippen LogP contribution in [0.1, 0.15) is 19.4 Å². The van der Waals surface area contributed by atoms with Gasteiger partial charge in [-0.2, -0.15) is 0 Å². The molecular formula is C26H23FN2O4. The lowest BCUT2D eigenvalue weighted by molar-refractivity contribution is -0.120. The molecule has 6 nitrogen and oxygen atoms in total. The van der Waals surface area contributed by atoms with Crippen molar-refractivity contribution in [3.63, 3.8) is 0 Å². The van der Waals surface area contributed by atoms with Gasteiger partial charge in [-0.05, 0) is 67.9 Å². The molecule has 1 aliphatic rings. The van der Waals surface area contributed by atoms with Gasteiger partial charge in [0.1, 0.15) is 23.0 Å². The first-order chi connectivity index (χ1) is 15.9. The molecule has 2 amide bonds. The average Bonchev–Trinajstić information content (AvgIpc) is 3.04. The Morgan fingerprint density at radius 1 is 0.879 bits per heavy atom. The molecule has 33 heavy (non-hydrogen) atoms. The number of amides is 2. The van der Waals surface area contributed by atoms with Gasteiger partial charge in [0, 0.05) is 11.8 Å². The topological polar surface area (TPSA) is 67.9 Å². The Morgan fingerprint density at radius 3 is 2.21 bits per heavy atom. The monoisotopic (exact) mass is 446 g/mol. The first kappa shape index (κ1) is 22.1. The molecule has 0 spiro atoms. The summed E-state index contributed by atoms with van der Waals surface area (Å²) >= 11 is 0. The second-order valence-electron chi connectivity index (χ2n) is 7.72. The summed E-state index contributed by atoms with van der Waals surface area (Å²) in [4.78, 5) is 27.9. The third-order valence-electron chi connectivity index (χ3n) is 5.02. The Bertz CT molecular complexity index is 1220. The summed E-state index contributed by atoms with van der Waals surface area (Å²) in [6.45, 7) is 3.86. The van der Waals surface area contributed by atoms with Crippen molar-refractivity contribution in [1.29, 1.82) is 0 Å². The van der Waals surface area contributed by atoms with Crippen molar-refractivity contribution >= 4 is 28.8 Å². The van der Waals surface area contributed by atoms with Gasteiger partial charge in [-0.25, -0.2) is 9.29 Å². The Hall–Kier alpha value is -4.13. The molecule has 0 bridgehead atoms. The number of carbonyl (C=O) groups excluding carboxylic acids is 2. The van der Waals surface area contributed by atoms with Crippen molar-refractivity contribution in [1.82, 2.24) is 0 Å². The van der Waals surface area contributed by atoms with Gasteiger partial charge in [0.15, 0.2) is 0 Å². The van der Waals surface area contributed by atoms with E-state index in [0.29, 0.717) is 28.4 Å². The van der Waals surface area contributed by atoms with Crippen LogP contribution in [0, 0.1) is 5.82 Å². The minimum absolute atomic E-state index is 0.0297. The number of methoxy groups -OCH3 is 1. The van der Waals surface area contributed by atoms with E-state index in [1.165, 1.54) is 31.4 Å². The fraction of sp³-hybridized carbons (Fsp3) is 0.154. The Labute approximate surface area is 191 Å².